The van der Waals surface area contributed by atoms with Gasteiger partial charge in [0, 0.05) is 28.3 Å². The highest BCUT2D eigenvalue weighted by Gasteiger charge is 2.22. The Bertz CT molecular complexity index is 491. The lowest BCUT2D eigenvalue weighted by Crippen LogP contribution is -2.39. The molecule has 0 radical (unpaired) electrons. The van der Waals surface area contributed by atoms with Crippen molar-refractivity contribution >= 4 is 33.5 Å². The molecule has 6 heteroatoms. The van der Waals surface area contributed by atoms with E-state index in [-0.39, 0.29) is 18.4 Å². The van der Waals surface area contributed by atoms with Crippen LogP contribution in [0.1, 0.15) is 30.6 Å². The molecule has 0 heterocycles. The Morgan fingerprint density at radius 1 is 1.47 bits per heavy atom. The van der Waals surface area contributed by atoms with Gasteiger partial charge in [-0.1, -0.05) is 0 Å². The van der Waals surface area contributed by atoms with Gasteiger partial charge in [-0.3, -0.25) is 9.59 Å². The van der Waals surface area contributed by atoms with E-state index in [1.165, 1.54) is 4.90 Å². The van der Waals surface area contributed by atoms with Crippen LogP contribution in [0.3, 0.4) is 0 Å². The number of hydrogen-bond acceptors (Lipinski definition) is 3. The number of halogens is 1. The molecule has 0 aliphatic rings. The lowest BCUT2D eigenvalue weighted by molar-refractivity contribution is -0.138. The molecule has 0 saturated carbocycles. The van der Waals surface area contributed by atoms with Crippen molar-refractivity contribution < 1.29 is 14.7 Å². The number of anilines is 1. The maximum absolute atomic E-state index is 12.3. The van der Waals surface area contributed by atoms with Gasteiger partial charge in [-0.2, -0.15) is 0 Å². The zero-order valence-corrected chi connectivity index (χ0v) is 12.5. The predicted molar refractivity (Wildman–Crippen MR) is 77.0 cm³/mol. The van der Waals surface area contributed by atoms with Crippen LogP contribution in [-0.4, -0.2) is 34.5 Å². The molecule has 1 unspecified atom stereocenters. The van der Waals surface area contributed by atoms with Gasteiger partial charge in [-0.05, 0) is 48.0 Å². The van der Waals surface area contributed by atoms with E-state index in [1.54, 1.807) is 25.1 Å². The van der Waals surface area contributed by atoms with Crippen LogP contribution < -0.4 is 5.73 Å². The number of benzene rings is 1. The minimum absolute atomic E-state index is 0.0778. The number of nitrogen functional groups attached to an aromatic ring is 1. The highest BCUT2D eigenvalue weighted by molar-refractivity contribution is 9.10. The number of nitrogens with zero attached hydrogens (tertiary/aromatic N) is 1. The molecule has 1 amide bonds. The molecule has 0 aromatic heterocycles. The fourth-order valence-corrected chi connectivity index (χ4v) is 2.11. The molecule has 3 N–H and O–H groups in total. The largest absolute Gasteiger partial charge is 0.481 e. The molecule has 104 valence electrons. The fraction of sp³-hybridized carbons (Fsp3) is 0.385. The molecule has 19 heavy (non-hydrogen) atoms. The Labute approximate surface area is 120 Å². The second-order valence-electron chi connectivity index (χ2n) is 4.27. The second-order valence-corrected chi connectivity index (χ2v) is 5.13. The number of amides is 1. The van der Waals surface area contributed by atoms with Crippen molar-refractivity contribution in [3.63, 3.8) is 0 Å². The van der Waals surface area contributed by atoms with Crippen LogP contribution in [-0.2, 0) is 4.79 Å². The van der Waals surface area contributed by atoms with E-state index in [4.69, 9.17) is 10.8 Å². The van der Waals surface area contributed by atoms with Gasteiger partial charge in [0.05, 0.1) is 6.42 Å². The first-order valence-electron chi connectivity index (χ1n) is 5.94. The molecule has 1 atom stereocenters. The van der Waals surface area contributed by atoms with Crippen LogP contribution in [0.4, 0.5) is 5.69 Å². The summed E-state index contributed by atoms with van der Waals surface area (Å²) in [7, 11) is 0. The molecular weight excluding hydrogens is 312 g/mol. The fourth-order valence-electron chi connectivity index (χ4n) is 1.86. The number of aliphatic carboxylic acids is 1. The third kappa shape index (κ3) is 3.96. The van der Waals surface area contributed by atoms with Gasteiger partial charge in [-0.25, -0.2) is 0 Å². The van der Waals surface area contributed by atoms with Crippen molar-refractivity contribution in [2.45, 2.75) is 26.3 Å². The number of carboxylic acids is 1. The van der Waals surface area contributed by atoms with E-state index in [0.29, 0.717) is 17.8 Å². The minimum atomic E-state index is -0.922. The highest BCUT2D eigenvalue weighted by Crippen LogP contribution is 2.21. The molecule has 1 aromatic carbocycles. The van der Waals surface area contributed by atoms with Crippen LogP contribution in [0.2, 0.25) is 0 Å². The molecule has 0 aliphatic carbocycles. The van der Waals surface area contributed by atoms with Crippen molar-refractivity contribution in [1.82, 2.24) is 4.90 Å². The molecule has 1 rings (SSSR count). The number of carboxylic acid groups (broad SMARTS) is 1. The third-order valence-corrected chi connectivity index (χ3v) is 3.57. The average Bonchev–Trinajstić information content (AvgIpc) is 2.32. The van der Waals surface area contributed by atoms with E-state index in [2.05, 4.69) is 15.9 Å². The smallest absolute Gasteiger partial charge is 0.305 e. The topological polar surface area (TPSA) is 83.6 Å². The minimum Gasteiger partial charge on any atom is -0.481 e. The summed E-state index contributed by atoms with van der Waals surface area (Å²) in [6.45, 7) is 3.99. The first-order chi connectivity index (χ1) is 8.86. The van der Waals surface area contributed by atoms with Crippen LogP contribution >= 0.6 is 15.9 Å². The number of rotatable bonds is 5. The maximum Gasteiger partial charge on any atom is 0.305 e. The standard InChI is InChI=1S/C13H17BrN2O3/c1-3-16(8(2)6-12(17)18)13(19)9-4-5-10(14)11(15)7-9/h4-5,7-8H,3,6,15H2,1-2H3,(H,17,18). The van der Waals surface area contributed by atoms with Crippen molar-refractivity contribution in [1.29, 1.82) is 0 Å². The Balaban J connectivity index is 2.94. The van der Waals surface area contributed by atoms with Crippen molar-refractivity contribution in [2.24, 2.45) is 0 Å². The van der Waals surface area contributed by atoms with Crippen LogP contribution in [0, 0.1) is 0 Å². The average molecular weight is 329 g/mol. The molecule has 0 saturated heterocycles. The van der Waals surface area contributed by atoms with Crippen LogP contribution in [0.15, 0.2) is 22.7 Å². The lowest BCUT2D eigenvalue weighted by atomic mass is 10.1. The third-order valence-electron chi connectivity index (χ3n) is 2.85. The molecule has 0 bridgehead atoms. The maximum atomic E-state index is 12.3. The van der Waals surface area contributed by atoms with E-state index in [0.717, 1.165) is 4.47 Å². The molecule has 0 fully saturated rings. The Morgan fingerprint density at radius 3 is 2.58 bits per heavy atom. The first kappa shape index (κ1) is 15.5. The first-order valence-corrected chi connectivity index (χ1v) is 6.73. The Hall–Kier alpha value is -1.56. The van der Waals surface area contributed by atoms with Gasteiger partial charge < -0.3 is 15.7 Å². The van der Waals surface area contributed by atoms with Gasteiger partial charge in [0.1, 0.15) is 0 Å². The van der Waals surface area contributed by atoms with E-state index >= 15 is 0 Å². The van der Waals surface area contributed by atoms with Crippen LogP contribution in [0.5, 0.6) is 0 Å². The van der Waals surface area contributed by atoms with E-state index < -0.39 is 5.97 Å². The van der Waals surface area contributed by atoms with Crippen molar-refractivity contribution in [3.8, 4) is 0 Å². The molecule has 0 spiro atoms. The van der Waals surface area contributed by atoms with Gasteiger partial charge >= 0.3 is 5.97 Å². The summed E-state index contributed by atoms with van der Waals surface area (Å²) in [6.07, 6.45) is -0.0778. The van der Waals surface area contributed by atoms with Gasteiger partial charge in [-0.15, -0.1) is 0 Å². The second kappa shape index (κ2) is 6.56. The van der Waals surface area contributed by atoms with E-state index in [1.807, 2.05) is 6.92 Å². The zero-order chi connectivity index (χ0) is 14.6. The summed E-state index contributed by atoms with van der Waals surface area (Å²) in [6, 6.07) is 4.60. The number of carbonyl (C=O) groups is 2. The molecule has 0 aliphatic heterocycles. The normalized spacial score (nSPS) is 11.9. The molecule has 5 nitrogen and oxygen atoms in total. The van der Waals surface area contributed by atoms with Gasteiger partial charge in [0.2, 0.25) is 0 Å². The van der Waals surface area contributed by atoms with Crippen molar-refractivity contribution in [2.75, 3.05) is 12.3 Å². The van der Waals surface area contributed by atoms with Crippen molar-refractivity contribution in [3.05, 3.63) is 28.2 Å². The Morgan fingerprint density at radius 2 is 2.11 bits per heavy atom. The molecular formula is C13H17BrN2O3. The summed E-state index contributed by atoms with van der Waals surface area (Å²) in [4.78, 5) is 24.6. The monoisotopic (exact) mass is 328 g/mol. The lowest BCUT2D eigenvalue weighted by Gasteiger charge is -2.27. The summed E-state index contributed by atoms with van der Waals surface area (Å²) >= 11 is 3.27. The summed E-state index contributed by atoms with van der Waals surface area (Å²) in [5.74, 6) is -1.13. The summed E-state index contributed by atoms with van der Waals surface area (Å²) in [5.41, 5.74) is 6.68. The quantitative estimate of drug-likeness (QED) is 0.812. The van der Waals surface area contributed by atoms with Crippen LogP contribution in [0.25, 0.3) is 0 Å². The highest BCUT2D eigenvalue weighted by atomic mass is 79.9. The SMILES string of the molecule is CCN(C(=O)c1ccc(Br)c(N)c1)C(C)CC(=O)O. The predicted octanol–water partition coefficient (Wildman–Crippen LogP) is 2.36. The van der Waals surface area contributed by atoms with E-state index in [9.17, 15) is 9.59 Å². The zero-order valence-electron chi connectivity index (χ0n) is 10.9. The summed E-state index contributed by atoms with van der Waals surface area (Å²) < 4.78 is 0.727. The summed E-state index contributed by atoms with van der Waals surface area (Å²) in [5, 5.41) is 8.80. The Kier molecular flexibility index (Phi) is 5.35. The van der Waals surface area contributed by atoms with Gasteiger partial charge in [0.25, 0.3) is 5.91 Å². The number of carbonyl (C=O) groups excluding carboxylic acids is 1. The number of nitrogens with two attached hydrogens (primary N) is 1. The molecule has 1 aromatic rings. The number of hydrogen-bond donors (Lipinski definition) is 2. The van der Waals surface area contributed by atoms with Gasteiger partial charge in [0.15, 0.2) is 0 Å².